The Hall–Kier alpha value is -4.10. The van der Waals surface area contributed by atoms with Crippen molar-refractivity contribution < 1.29 is 14.3 Å². The van der Waals surface area contributed by atoms with Crippen LogP contribution < -0.4 is 4.74 Å². The molecule has 38 heavy (non-hydrogen) atoms. The van der Waals surface area contributed by atoms with Gasteiger partial charge in [-0.25, -0.2) is 4.98 Å². The Morgan fingerprint density at radius 2 is 1.95 bits per heavy atom. The molecule has 1 N–H and O–H groups in total. The zero-order valence-corrected chi connectivity index (χ0v) is 22.3. The predicted octanol–water partition coefficient (Wildman–Crippen LogP) is 6.53. The number of hydrogen-bond donors (Lipinski definition) is 1. The first-order valence-electron chi connectivity index (χ1n) is 12.9. The number of hydrogen-bond acceptors (Lipinski definition) is 6. The standard InChI is InChI=1S/C31H30N4O3/c1-17-16-24-20(6-8-22(34-24)23-11-14-33-35-23)28(26(17)30(18(2)36)38-31(3,4)5)21-7-9-25-27-19(12-15-37-25)10-13-32-29(21)27/h6-11,13-14,16,30H,12,15H2,1-5H3,(H,33,35)/t30-/m1/s1. The Bertz CT molecular complexity index is 1690. The predicted molar refractivity (Wildman–Crippen MR) is 148 cm³/mol. The van der Waals surface area contributed by atoms with Crippen LogP contribution in [0.5, 0.6) is 5.75 Å². The summed E-state index contributed by atoms with van der Waals surface area (Å²) < 4.78 is 12.4. The molecule has 0 amide bonds. The molecule has 0 fully saturated rings. The van der Waals surface area contributed by atoms with Crippen molar-refractivity contribution in [1.29, 1.82) is 0 Å². The van der Waals surface area contributed by atoms with E-state index in [4.69, 9.17) is 19.4 Å². The zero-order chi connectivity index (χ0) is 26.6. The van der Waals surface area contributed by atoms with Crippen LogP contribution in [0.25, 0.3) is 44.3 Å². The molecule has 0 radical (unpaired) electrons. The van der Waals surface area contributed by atoms with Gasteiger partial charge >= 0.3 is 0 Å². The van der Waals surface area contributed by atoms with Gasteiger partial charge in [-0.2, -0.15) is 5.10 Å². The lowest BCUT2D eigenvalue weighted by Crippen LogP contribution is -2.27. The van der Waals surface area contributed by atoms with Crippen molar-refractivity contribution in [2.24, 2.45) is 0 Å². The van der Waals surface area contributed by atoms with Crippen molar-refractivity contribution in [2.45, 2.75) is 52.7 Å². The van der Waals surface area contributed by atoms with Crippen LogP contribution in [0.4, 0.5) is 0 Å². The van der Waals surface area contributed by atoms with Crippen LogP contribution in [0.1, 0.15) is 50.5 Å². The van der Waals surface area contributed by atoms with Gasteiger partial charge in [-0.15, -0.1) is 0 Å². The van der Waals surface area contributed by atoms with Crippen LogP contribution in [0.2, 0.25) is 0 Å². The lowest BCUT2D eigenvalue weighted by Gasteiger charge is -2.30. The molecule has 0 saturated heterocycles. The molecule has 0 aliphatic carbocycles. The van der Waals surface area contributed by atoms with E-state index in [-0.39, 0.29) is 5.78 Å². The number of aromatic nitrogens is 4. The third-order valence-electron chi connectivity index (χ3n) is 6.96. The lowest BCUT2D eigenvalue weighted by molar-refractivity contribution is -0.138. The number of nitrogens with zero attached hydrogens (tertiary/aromatic N) is 3. The number of rotatable bonds is 5. The number of carbonyl (C=O) groups is 1. The number of pyridine rings is 2. The summed E-state index contributed by atoms with van der Waals surface area (Å²) in [7, 11) is 0. The number of ether oxygens (including phenoxy) is 2. The fourth-order valence-electron chi connectivity index (χ4n) is 5.40. The van der Waals surface area contributed by atoms with Crippen molar-refractivity contribution in [2.75, 3.05) is 6.61 Å². The third kappa shape index (κ3) is 4.13. The Balaban J connectivity index is 1.71. The topological polar surface area (TPSA) is 90.0 Å². The highest BCUT2D eigenvalue weighted by molar-refractivity contribution is 6.08. The van der Waals surface area contributed by atoms with Crippen molar-refractivity contribution in [1.82, 2.24) is 20.2 Å². The van der Waals surface area contributed by atoms with Crippen molar-refractivity contribution in [3.63, 3.8) is 0 Å². The van der Waals surface area contributed by atoms with Crippen LogP contribution >= 0.6 is 0 Å². The second-order valence-corrected chi connectivity index (χ2v) is 10.8. The van der Waals surface area contributed by atoms with Gasteiger partial charge in [0.05, 0.1) is 34.6 Å². The van der Waals surface area contributed by atoms with Crippen LogP contribution in [0, 0.1) is 6.92 Å². The van der Waals surface area contributed by atoms with E-state index >= 15 is 0 Å². The minimum absolute atomic E-state index is 0.0512. The number of benzene rings is 2. The van der Waals surface area contributed by atoms with Gasteiger partial charge in [0.2, 0.25) is 0 Å². The molecule has 5 aromatic rings. The molecule has 6 rings (SSSR count). The summed E-state index contributed by atoms with van der Waals surface area (Å²) in [6, 6.07) is 14.1. The number of Topliss-reactive ketones (excluding diaryl/α,β-unsaturated/α-hetero) is 1. The largest absolute Gasteiger partial charge is 0.493 e. The number of carbonyl (C=O) groups excluding carboxylic acids is 1. The van der Waals surface area contributed by atoms with E-state index in [1.165, 1.54) is 5.56 Å². The number of aryl methyl sites for hydroxylation is 1. The SMILES string of the molecule is CC(=O)[C@@H](OC(C)(C)C)c1c(C)cc2nc(-c3ccn[nH]3)ccc2c1-c1ccc2c3c(ccnc13)CCO2. The average Bonchev–Trinajstić information content (AvgIpc) is 3.42. The van der Waals surface area contributed by atoms with Crippen molar-refractivity contribution in [3.05, 3.63) is 71.5 Å². The molecule has 1 atom stereocenters. The molecule has 7 heteroatoms. The van der Waals surface area contributed by atoms with Crippen molar-refractivity contribution >= 4 is 27.6 Å². The molecule has 2 aromatic carbocycles. The van der Waals surface area contributed by atoms with Gasteiger partial charge < -0.3 is 9.47 Å². The Kier molecular flexibility index (Phi) is 5.76. The summed E-state index contributed by atoms with van der Waals surface area (Å²) in [5, 5.41) is 9.03. The van der Waals surface area contributed by atoms with E-state index < -0.39 is 11.7 Å². The van der Waals surface area contributed by atoms with E-state index in [9.17, 15) is 4.79 Å². The summed E-state index contributed by atoms with van der Waals surface area (Å²) in [5.74, 6) is 0.787. The highest BCUT2D eigenvalue weighted by Gasteiger charge is 2.31. The molecule has 0 unspecified atom stereocenters. The highest BCUT2D eigenvalue weighted by atomic mass is 16.5. The number of aromatic amines is 1. The Morgan fingerprint density at radius 3 is 2.68 bits per heavy atom. The summed E-state index contributed by atoms with van der Waals surface area (Å²) in [6.07, 6.45) is 3.65. The minimum atomic E-state index is -0.747. The van der Waals surface area contributed by atoms with Gasteiger partial charge in [0, 0.05) is 35.2 Å². The first-order chi connectivity index (χ1) is 18.2. The number of H-pyrrole nitrogens is 1. The monoisotopic (exact) mass is 506 g/mol. The second kappa shape index (κ2) is 9.03. The highest BCUT2D eigenvalue weighted by Crippen LogP contribution is 2.45. The Labute approximate surface area is 221 Å². The Morgan fingerprint density at radius 1 is 1.11 bits per heavy atom. The van der Waals surface area contributed by atoms with Gasteiger partial charge in [0.25, 0.3) is 0 Å². The smallest absolute Gasteiger partial charge is 0.163 e. The van der Waals surface area contributed by atoms with Gasteiger partial charge in [-0.3, -0.25) is 14.9 Å². The average molecular weight is 507 g/mol. The van der Waals surface area contributed by atoms with E-state index in [0.717, 1.165) is 67.6 Å². The van der Waals surface area contributed by atoms with Gasteiger partial charge in [0.15, 0.2) is 5.78 Å². The summed E-state index contributed by atoms with van der Waals surface area (Å²) in [5.41, 5.74) is 7.62. The molecule has 0 bridgehead atoms. The molecule has 192 valence electrons. The molecule has 1 aliphatic heterocycles. The van der Waals surface area contributed by atoms with Gasteiger partial charge in [0.1, 0.15) is 11.9 Å². The summed E-state index contributed by atoms with van der Waals surface area (Å²) >= 11 is 0. The fourth-order valence-corrected chi connectivity index (χ4v) is 5.40. The number of fused-ring (bicyclic) bond motifs is 1. The van der Waals surface area contributed by atoms with Crippen LogP contribution in [-0.4, -0.2) is 38.2 Å². The van der Waals surface area contributed by atoms with Crippen LogP contribution in [0.15, 0.2) is 54.9 Å². The van der Waals surface area contributed by atoms with E-state index in [1.54, 1.807) is 13.1 Å². The summed E-state index contributed by atoms with van der Waals surface area (Å²) in [6.45, 7) is 10.2. The van der Waals surface area contributed by atoms with E-state index in [2.05, 4.69) is 28.4 Å². The minimum Gasteiger partial charge on any atom is -0.493 e. The van der Waals surface area contributed by atoms with Gasteiger partial charge in [-0.1, -0.05) is 0 Å². The maximum absolute atomic E-state index is 13.1. The first-order valence-corrected chi connectivity index (χ1v) is 12.9. The quantitative estimate of drug-likeness (QED) is 0.292. The lowest BCUT2D eigenvalue weighted by atomic mass is 9.85. The number of nitrogens with one attached hydrogen (secondary N) is 1. The first kappa shape index (κ1) is 24.2. The zero-order valence-electron chi connectivity index (χ0n) is 22.3. The fraction of sp³-hybridized carbons (Fsp3) is 0.290. The normalized spacial score (nSPS) is 14.0. The molecule has 4 heterocycles. The second-order valence-electron chi connectivity index (χ2n) is 10.8. The maximum Gasteiger partial charge on any atom is 0.163 e. The molecular formula is C31H30N4O3. The molecule has 1 aliphatic rings. The van der Waals surface area contributed by atoms with Crippen molar-refractivity contribution in [3.8, 4) is 28.3 Å². The molecule has 7 nitrogen and oxygen atoms in total. The van der Waals surface area contributed by atoms with Gasteiger partial charge in [-0.05, 0) is 99.3 Å². The van der Waals surface area contributed by atoms with Crippen LogP contribution in [0.3, 0.4) is 0 Å². The maximum atomic E-state index is 13.1. The van der Waals surface area contributed by atoms with E-state index in [1.807, 2.05) is 58.2 Å². The third-order valence-corrected chi connectivity index (χ3v) is 6.96. The molecule has 3 aromatic heterocycles. The van der Waals surface area contributed by atoms with E-state index in [0.29, 0.717) is 6.61 Å². The molecular weight excluding hydrogens is 476 g/mol. The summed E-state index contributed by atoms with van der Waals surface area (Å²) in [4.78, 5) is 23.0. The number of ketones is 1. The van der Waals surface area contributed by atoms with Crippen LogP contribution in [-0.2, 0) is 16.0 Å². The molecule has 0 saturated carbocycles. The molecule has 0 spiro atoms.